The number of amides is 1. The highest BCUT2D eigenvalue weighted by Gasteiger charge is 2.17. The second-order valence-electron chi connectivity index (χ2n) is 3.97. The molecule has 18 heavy (non-hydrogen) atoms. The summed E-state index contributed by atoms with van der Waals surface area (Å²) < 4.78 is 1.62. The Morgan fingerprint density at radius 1 is 1.61 bits per heavy atom. The van der Waals surface area contributed by atoms with E-state index in [4.69, 9.17) is 5.11 Å². The Hall–Kier alpha value is -2.11. The molecule has 0 fully saturated rings. The first-order valence-corrected chi connectivity index (χ1v) is 5.73. The van der Waals surface area contributed by atoms with Gasteiger partial charge in [0.25, 0.3) is 0 Å². The predicted octanol–water partition coefficient (Wildman–Crippen LogP) is 0.803. The number of aliphatic carboxylic acids is 1. The van der Waals surface area contributed by atoms with Gasteiger partial charge in [-0.2, -0.15) is 5.10 Å². The van der Waals surface area contributed by atoms with Gasteiger partial charge in [-0.3, -0.25) is 9.48 Å². The largest absolute Gasteiger partial charge is 0.480 e. The number of carboxylic acid groups (broad SMARTS) is 1. The van der Waals surface area contributed by atoms with Crippen LogP contribution in [0.2, 0.25) is 0 Å². The Morgan fingerprint density at radius 2 is 2.33 bits per heavy atom. The third-order valence-electron chi connectivity index (χ3n) is 2.34. The summed E-state index contributed by atoms with van der Waals surface area (Å²) in [6.07, 6.45) is 7.39. The van der Waals surface area contributed by atoms with E-state index in [0.29, 0.717) is 12.8 Å². The van der Waals surface area contributed by atoms with Crippen LogP contribution in [0.25, 0.3) is 6.08 Å². The van der Waals surface area contributed by atoms with Crippen molar-refractivity contribution in [3.63, 3.8) is 0 Å². The van der Waals surface area contributed by atoms with Crippen LogP contribution in [0.15, 0.2) is 18.5 Å². The Labute approximate surface area is 105 Å². The van der Waals surface area contributed by atoms with Crippen molar-refractivity contribution in [1.29, 1.82) is 0 Å². The van der Waals surface area contributed by atoms with E-state index in [0.717, 1.165) is 5.56 Å². The Kier molecular flexibility index (Phi) is 5.10. The summed E-state index contributed by atoms with van der Waals surface area (Å²) in [5.41, 5.74) is 0.787. The SMILES string of the molecule is CCCC(NC(=O)/C=C/c1cnn(C)c1)C(=O)O. The molecule has 0 aliphatic heterocycles. The van der Waals surface area contributed by atoms with Gasteiger partial charge in [0.05, 0.1) is 6.20 Å². The second kappa shape index (κ2) is 6.58. The molecule has 1 heterocycles. The molecule has 6 heteroatoms. The van der Waals surface area contributed by atoms with Gasteiger partial charge in [0.2, 0.25) is 5.91 Å². The van der Waals surface area contributed by atoms with Gasteiger partial charge >= 0.3 is 5.97 Å². The minimum absolute atomic E-state index is 0.417. The number of hydrogen-bond donors (Lipinski definition) is 2. The van der Waals surface area contributed by atoms with Crippen LogP contribution in [0, 0.1) is 0 Å². The van der Waals surface area contributed by atoms with Crippen molar-refractivity contribution in [1.82, 2.24) is 15.1 Å². The van der Waals surface area contributed by atoms with Crippen molar-refractivity contribution in [3.8, 4) is 0 Å². The van der Waals surface area contributed by atoms with E-state index < -0.39 is 17.9 Å². The van der Waals surface area contributed by atoms with Crippen LogP contribution in [-0.2, 0) is 16.6 Å². The molecular formula is C12H17N3O3. The van der Waals surface area contributed by atoms with Crippen molar-refractivity contribution in [3.05, 3.63) is 24.0 Å². The molecule has 0 bridgehead atoms. The normalized spacial score (nSPS) is 12.6. The molecule has 0 aliphatic rings. The first-order valence-electron chi connectivity index (χ1n) is 5.73. The molecule has 0 saturated carbocycles. The van der Waals surface area contributed by atoms with Gasteiger partial charge in [-0.1, -0.05) is 13.3 Å². The second-order valence-corrected chi connectivity index (χ2v) is 3.97. The summed E-state index contributed by atoms with van der Waals surface area (Å²) in [4.78, 5) is 22.4. The lowest BCUT2D eigenvalue weighted by Gasteiger charge is -2.11. The number of carbonyl (C=O) groups excluding carboxylic acids is 1. The van der Waals surface area contributed by atoms with Crippen LogP contribution in [-0.4, -0.2) is 32.8 Å². The van der Waals surface area contributed by atoms with Crippen LogP contribution in [0.5, 0.6) is 0 Å². The molecule has 1 amide bonds. The van der Waals surface area contributed by atoms with E-state index in [9.17, 15) is 9.59 Å². The molecule has 1 aromatic heterocycles. The molecule has 0 saturated heterocycles. The van der Waals surface area contributed by atoms with E-state index in [1.54, 1.807) is 30.2 Å². The highest BCUT2D eigenvalue weighted by Crippen LogP contribution is 2.00. The Balaban J connectivity index is 2.54. The molecule has 6 nitrogen and oxygen atoms in total. The monoisotopic (exact) mass is 251 g/mol. The topological polar surface area (TPSA) is 84.2 Å². The van der Waals surface area contributed by atoms with E-state index in [1.807, 2.05) is 6.92 Å². The van der Waals surface area contributed by atoms with Crippen LogP contribution in [0.1, 0.15) is 25.3 Å². The molecule has 2 N–H and O–H groups in total. The number of nitrogens with one attached hydrogen (secondary N) is 1. The van der Waals surface area contributed by atoms with Gasteiger partial charge in [-0.05, 0) is 12.5 Å². The zero-order valence-corrected chi connectivity index (χ0v) is 10.5. The average molecular weight is 251 g/mol. The maximum absolute atomic E-state index is 11.5. The van der Waals surface area contributed by atoms with Gasteiger partial charge < -0.3 is 10.4 Å². The highest BCUT2D eigenvalue weighted by atomic mass is 16.4. The van der Waals surface area contributed by atoms with Gasteiger partial charge in [0.15, 0.2) is 0 Å². The number of hydrogen-bond acceptors (Lipinski definition) is 3. The quantitative estimate of drug-likeness (QED) is 0.732. The van der Waals surface area contributed by atoms with Gasteiger partial charge in [-0.15, -0.1) is 0 Å². The standard InChI is InChI=1S/C12H17N3O3/c1-3-4-10(12(17)18)14-11(16)6-5-9-7-13-15(2)8-9/h5-8,10H,3-4H2,1-2H3,(H,14,16)(H,17,18)/b6-5+. The van der Waals surface area contributed by atoms with Crippen molar-refractivity contribution < 1.29 is 14.7 Å². The lowest BCUT2D eigenvalue weighted by molar-refractivity contribution is -0.141. The summed E-state index contributed by atoms with van der Waals surface area (Å²) in [6.45, 7) is 1.87. The molecule has 0 radical (unpaired) electrons. The molecule has 98 valence electrons. The fourth-order valence-corrected chi connectivity index (χ4v) is 1.46. The highest BCUT2D eigenvalue weighted by molar-refractivity contribution is 5.94. The van der Waals surface area contributed by atoms with E-state index >= 15 is 0 Å². The fraction of sp³-hybridized carbons (Fsp3) is 0.417. The number of aryl methyl sites for hydroxylation is 1. The van der Waals surface area contributed by atoms with Gasteiger partial charge in [0.1, 0.15) is 6.04 Å². The summed E-state index contributed by atoms with van der Waals surface area (Å²) in [5.74, 6) is -1.43. The maximum atomic E-state index is 11.5. The Bertz CT molecular complexity index is 451. The first-order chi connectivity index (χ1) is 8.52. The summed E-state index contributed by atoms with van der Waals surface area (Å²) >= 11 is 0. The molecule has 1 rings (SSSR count). The average Bonchev–Trinajstić information content (AvgIpc) is 2.72. The third-order valence-corrected chi connectivity index (χ3v) is 2.34. The molecule has 1 unspecified atom stereocenters. The number of nitrogens with zero attached hydrogens (tertiary/aromatic N) is 2. The van der Waals surface area contributed by atoms with Crippen LogP contribution < -0.4 is 5.32 Å². The summed E-state index contributed by atoms with van der Waals surface area (Å²) in [6, 6.07) is -0.832. The molecule has 1 atom stereocenters. The zero-order chi connectivity index (χ0) is 13.5. The predicted molar refractivity (Wildman–Crippen MR) is 66.7 cm³/mol. The van der Waals surface area contributed by atoms with Crippen molar-refractivity contribution >= 4 is 18.0 Å². The first kappa shape index (κ1) is 14.0. The van der Waals surface area contributed by atoms with Gasteiger partial charge in [0, 0.05) is 24.9 Å². The van der Waals surface area contributed by atoms with Crippen molar-refractivity contribution in [2.75, 3.05) is 0 Å². The lowest BCUT2D eigenvalue weighted by Crippen LogP contribution is -2.39. The number of aromatic nitrogens is 2. The Morgan fingerprint density at radius 3 is 2.83 bits per heavy atom. The minimum atomic E-state index is -1.01. The van der Waals surface area contributed by atoms with E-state index in [2.05, 4.69) is 10.4 Å². The zero-order valence-electron chi connectivity index (χ0n) is 10.5. The lowest BCUT2D eigenvalue weighted by atomic mass is 10.1. The molecule has 0 aromatic carbocycles. The molecule has 0 aliphatic carbocycles. The van der Waals surface area contributed by atoms with Crippen LogP contribution in [0.3, 0.4) is 0 Å². The summed E-state index contributed by atoms with van der Waals surface area (Å²) in [5, 5.41) is 15.3. The van der Waals surface area contributed by atoms with Crippen molar-refractivity contribution in [2.24, 2.45) is 7.05 Å². The smallest absolute Gasteiger partial charge is 0.326 e. The fourth-order valence-electron chi connectivity index (χ4n) is 1.46. The van der Waals surface area contributed by atoms with Gasteiger partial charge in [-0.25, -0.2) is 4.79 Å². The molecule has 0 spiro atoms. The molecule has 1 aromatic rings. The number of carboxylic acids is 1. The van der Waals surface area contributed by atoms with E-state index in [1.165, 1.54) is 6.08 Å². The number of carbonyl (C=O) groups is 2. The third kappa shape index (κ3) is 4.40. The minimum Gasteiger partial charge on any atom is -0.480 e. The number of rotatable bonds is 6. The van der Waals surface area contributed by atoms with Crippen LogP contribution >= 0.6 is 0 Å². The van der Waals surface area contributed by atoms with Crippen molar-refractivity contribution in [2.45, 2.75) is 25.8 Å². The van der Waals surface area contributed by atoms with E-state index in [-0.39, 0.29) is 0 Å². The maximum Gasteiger partial charge on any atom is 0.326 e. The summed E-state index contributed by atoms with van der Waals surface area (Å²) in [7, 11) is 1.78. The van der Waals surface area contributed by atoms with Crippen LogP contribution in [0.4, 0.5) is 0 Å². The molecular weight excluding hydrogens is 234 g/mol.